The zero-order valence-corrected chi connectivity index (χ0v) is 19.7. The van der Waals surface area contributed by atoms with E-state index in [0.717, 1.165) is 70.4 Å². The van der Waals surface area contributed by atoms with Crippen LogP contribution in [0.5, 0.6) is 0 Å². The largest absolute Gasteiger partial charge is 0.367 e. The van der Waals surface area contributed by atoms with Crippen molar-refractivity contribution >= 4 is 15.7 Å². The monoisotopic (exact) mass is 459 g/mol. The van der Waals surface area contributed by atoms with E-state index >= 15 is 0 Å². The van der Waals surface area contributed by atoms with Gasteiger partial charge < -0.3 is 4.90 Å². The maximum absolute atomic E-state index is 14.0. The Morgan fingerprint density at radius 2 is 1.59 bits per heavy atom. The van der Waals surface area contributed by atoms with E-state index in [2.05, 4.69) is 14.5 Å². The average molecular weight is 460 g/mol. The third-order valence-corrected chi connectivity index (χ3v) is 8.46. The fourth-order valence-electron chi connectivity index (χ4n) is 4.86. The Morgan fingerprint density at radius 1 is 0.938 bits per heavy atom. The molecule has 32 heavy (non-hydrogen) atoms. The predicted octanol–water partition coefficient (Wildman–Crippen LogP) is 4.18. The molecule has 2 aromatic carbocycles. The second-order valence-corrected chi connectivity index (χ2v) is 10.9. The Morgan fingerprint density at radius 3 is 2.25 bits per heavy atom. The van der Waals surface area contributed by atoms with Crippen LogP contribution >= 0.6 is 0 Å². The van der Waals surface area contributed by atoms with Gasteiger partial charge >= 0.3 is 0 Å². The molecule has 4 rings (SSSR count). The first-order chi connectivity index (χ1) is 15.4. The van der Waals surface area contributed by atoms with Crippen molar-refractivity contribution in [1.29, 1.82) is 0 Å². The number of aryl methyl sites for hydroxylation is 1. The standard InChI is InChI=1S/C25H34FN3O2S/c1-20-6-12-23(13-7-20)32(30,31)27-22-10-8-21(9-11-22)14-15-28-16-18-29(19-17-28)25-5-3-2-4-24(25)26/h2-7,12-13,21-22,27H,8-11,14-19H2,1H3. The molecule has 1 N–H and O–H groups in total. The summed E-state index contributed by atoms with van der Waals surface area (Å²) >= 11 is 0. The van der Waals surface area contributed by atoms with Gasteiger partial charge in [-0.15, -0.1) is 0 Å². The van der Waals surface area contributed by atoms with Crippen LogP contribution in [0.2, 0.25) is 0 Å². The van der Waals surface area contributed by atoms with Gasteiger partial charge in [-0.25, -0.2) is 17.5 Å². The molecular formula is C25H34FN3O2S. The first kappa shape index (κ1) is 23.2. The van der Waals surface area contributed by atoms with Crippen molar-refractivity contribution in [2.24, 2.45) is 5.92 Å². The second-order valence-electron chi connectivity index (χ2n) is 9.22. The van der Waals surface area contributed by atoms with Gasteiger partial charge in [0.05, 0.1) is 10.6 Å². The normalized spacial score (nSPS) is 22.8. The van der Waals surface area contributed by atoms with Gasteiger partial charge in [-0.3, -0.25) is 4.90 Å². The fraction of sp³-hybridized carbons (Fsp3) is 0.520. The van der Waals surface area contributed by atoms with Crippen LogP contribution in [-0.4, -0.2) is 52.1 Å². The predicted molar refractivity (Wildman–Crippen MR) is 127 cm³/mol. The maximum atomic E-state index is 14.0. The van der Waals surface area contributed by atoms with Crippen LogP contribution in [0.4, 0.5) is 10.1 Å². The van der Waals surface area contributed by atoms with Crippen molar-refractivity contribution in [3.63, 3.8) is 0 Å². The molecule has 0 aromatic heterocycles. The van der Waals surface area contributed by atoms with Crippen LogP contribution in [0.15, 0.2) is 53.4 Å². The molecule has 174 valence electrons. The average Bonchev–Trinajstić information content (AvgIpc) is 2.79. The van der Waals surface area contributed by atoms with Crippen molar-refractivity contribution < 1.29 is 12.8 Å². The molecule has 0 amide bonds. The Balaban J connectivity index is 1.17. The molecule has 0 atom stereocenters. The number of para-hydroxylation sites is 1. The van der Waals surface area contributed by atoms with Crippen molar-refractivity contribution in [1.82, 2.24) is 9.62 Å². The molecule has 1 aliphatic carbocycles. The number of hydrogen-bond acceptors (Lipinski definition) is 4. The lowest BCUT2D eigenvalue weighted by Gasteiger charge is -2.37. The summed E-state index contributed by atoms with van der Waals surface area (Å²) in [5.41, 5.74) is 1.76. The third-order valence-electron chi connectivity index (χ3n) is 6.92. The van der Waals surface area contributed by atoms with Crippen molar-refractivity contribution in [3.8, 4) is 0 Å². The molecule has 2 aromatic rings. The van der Waals surface area contributed by atoms with Crippen molar-refractivity contribution in [2.75, 3.05) is 37.6 Å². The minimum absolute atomic E-state index is 0.0295. The zero-order chi connectivity index (χ0) is 22.6. The maximum Gasteiger partial charge on any atom is 0.240 e. The van der Waals surface area contributed by atoms with Gasteiger partial charge in [-0.05, 0) is 75.8 Å². The second kappa shape index (κ2) is 10.3. The summed E-state index contributed by atoms with van der Waals surface area (Å²) in [7, 11) is -3.44. The highest BCUT2D eigenvalue weighted by Crippen LogP contribution is 2.28. The van der Waals surface area contributed by atoms with Crippen LogP contribution in [0.1, 0.15) is 37.7 Å². The van der Waals surface area contributed by atoms with Gasteiger partial charge in [0, 0.05) is 32.2 Å². The number of sulfonamides is 1. The van der Waals surface area contributed by atoms with Crippen LogP contribution in [0.25, 0.3) is 0 Å². The molecule has 7 heteroatoms. The van der Waals surface area contributed by atoms with Gasteiger partial charge in [-0.1, -0.05) is 29.8 Å². The van der Waals surface area contributed by atoms with Crippen molar-refractivity contribution in [2.45, 2.75) is 50.0 Å². The minimum Gasteiger partial charge on any atom is -0.367 e. The van der Waals surface area contributed by atoms with E-state index in [1.807, 2.05) is 31.2 Å². The van der Waals surface area contributed by atoms with Gasteiger partial charge in [0.1, 0.15) is 5.82 Å². The Hall–Kier alpha value is -1.96. The first-order valence-electron chi connectivity index (χ1n) is 11.7. The Labute approximate surface area is 191 Å². The third kappa shape index (κ3) is 5.88. The summed E-state index contributed by atoms with van der Waals surface area (Å²) < 4.78 is 42.2. The number of benzene rings is 2. The van der Waals surface area contributed by atoms with Gasteiger partial charge in [0.25, 0.3) is 0 Å². The fourth-order valence-corrected chi connectivity index (χ4v) is 6.16. The van der Waals surface area contributed by atoms with E-state index in [9.17, 15) is 12.8 Å². The molecule has 0 radical (unpaired) electrons. The van der Waals surface area contributed by atoms with E-state index in [4.69, 9.17) is 0 Å². The summed E-state index contributed by atoms with van der Waals surface area (Å²) in [6.45, 7) is 6.65. The number of nitrogens with zero attached hydrogens (tertiary/aromatic N) is 2. The molecular weight excluding hydrogens is 425 g/mol. The van der Waals surface area contributed by atoms with Crippen LogP contribution < -0.4 is 9.62 Å². The Kier molecular flexibility index (Phi) is 7.48. The number of piperazine rings is 1. The molecule has 1 heterocycles. The summed E-state index contributed by atoms with van der Waals surface area (Å²) in [6, 6.07) is 14.1. The minimum atomic E-state index is -3.44. The molecule has 2 fully saturated rings. The molecule has 5 nitrogen and oxygen atoms in total. The number of anilines is 1. The van der Waals surface area contributed by atoms with E-state index in [1.54, 1.807) is 18.2 Å². The molecule has 1 aliphatic heterocycles. The lowest BCUT2D eigenvalue weighted by Crippen LogP contribution is -2.47. The Bertz CT molecular complexity index is 981. The van der Waals surface area contributed by atoms with E-state index in [0.29, 0.717) is 16.5 Å². The van der Waals surface area contributed by atoms with E-state index in [-0.39, 0.29) is 11.9 Å². The van der Waals surface area contributed by atoms with E-state index < -0.39 is 10.0 Å². The topological polar surface area (TPSA) is 52.7 Å². The highest BCUT2D eigenvalue weighted by atomic mass is 32.2. The number of rotatable bonds is 7. The lowest BCUT2D eigenvalue weighted by atomic mass is 9.84. The summed E-state index contributed by atoms with van der Waals surface area (Å²) in [5, 5.41) is 0. The SMILES string of the molecule is Cc1ccc(S(=O)(=O)NC2CCC(CCN3CCN(c4ccccc4F)CC3)CC2)cc1. The molecule has 1 saturated heterocycles. The van der Waals surface area contributed by atoms with E-state index in [1.165, 1.54) is 6.07 Å². The number of hydrogen-bond donors (Lipinski definition) is 1. The zero-order valence-electron chi connectivity index (χ0n) is 18.8. The number of halogens is 1. The summed E-state index contributed by atoms with van der Waals surface area (Å²) in [5.74, 6) is 0.510. The van der Waals surface area contributed by atoms with Gasteiger partial charge in [-0.2, -0.15) is 0 Å². The lowest BCUT2D eigenvalue weighted by molar-refractivity contribution is 0.214. The van der Waals surface area contributed by atoms with Crippen LogP contribution in [-0.2, 0) is 10.0 Å². The van der Waals surface area contributed by atoms with Gasteiger partial charge in [0.2, 0.25) is 10.0 Å². The van der Waals surface area contributed by atoms with Crippen LogP contribution in [0.3, 0.4) is 0 Å². The highest BCUT2D eigenvalue weighted by molar-refractivity contribution is 7.89. The first-order valence-corrected chi connectivity index (χ1v) is 13.2. The molecule has 1 saturated carbocycles. The quantitative estimate of drug-likeness (QED) is 0.675. The molecule has 2 aliphatic rings. The highest BCUT2D eigenvalue weighted by Gasteiger charge is 2.26. The smallest absolute Gasteiger partial charge is 0.240 e. The molecule has 0 bridgehead atoms. The van der Waals surface area contributed by atoms with Crippen LogP contribution in [0, 0.1) is 18.7 Å². The number of nitrogens with one attached hydrogen (secondary N) is 1. The van der Waals surface area contributed by atoms with Crippen molar-refractivity contribution in [3.05, 3.63) is 59.9 Å². The molecule has 0 spiro atoms. The van der Waals surface area contributed by atoms with Gasteiger partial charge in [0.15, 0.2) is 0 Å². The molecule has 0 unspecified atom stereocenters. The summed E-state index contributed by atoms with van der Waals surface area (Å²) in [4.78, 5) is 4.96. The summed E-state index contributed by atoms with van der Waals surface area (Å²) in [6.07, 6.45) is 5.08.